The number of aromatic amines is 1. The molecule has 0 aliphatic carbocycles. The fraction of sp³-hybridized carbons (Fsp3) is 0.125. The van der Waals surface area contributed by atoms with Crippen molar-refractivity contribution < 1.29 is 9.53 Å². The Hall–Kier alpha value is -2.82. The van der Waals surface area contributed by atoms with Crippen LogP contribution < -0.4 is 10.1 Å². The molecule has 21 heavy (non-hydrogen) atoms. The maximum atomic E-state index is 12.3. The maximum Gasteiger partial charge on any atom is 0.265 e. The van der Waals surface area contributed by atoms with Crippen LogP contribution in [-0.2, 0) is 11.2 Å². The second-order valence-corrected chi connectivity index (χ2v) is 5.08. The molecule has 3 aromatic rings. The Balaban J connectivity index is 1.51. The van der Waals surface area contributed by atoms with Gasteiger partial charge in [0.2, 0.25) is 0 Å². The molecular weight excluding hydrogens is 266 g/mol. The van der Waals surface area contributed by atoms with E-state index >= 15 is 0 Å². The number of nitrogens with one attached hydrogen (secondary N) is 2. The van der Waals surface area contributed by atoms with E-state index in [2.05, 4.69) is 15.5 Å². The second-order valence-electron chi connectivity index (χ2n) is 5.08. The van der Waals surface area contributed by atoms with Gasteiger partial charge in [-0.3, -0.25) is 9.89 Å². The molecule has 0 spiro atoms. The number of nitrogens with zero attached hydrogens (tertiary/aromatic N) is 1. The largest absolute Gasteiger partial charge is 0.480 e. The number of hydrogen-bond donors (Lipinski definition) is 2. The van der Waals surface area contributed by atoms with Gasteiger partial charge < -0.3 is 10.1 Å². The van der Waals surface area contributed by atoms with Crippen LogP contribution in [0.3, 0.4) is 0 Å². The molecule has 2 heterocycles. The highest BCUT2D eigenvalue weighted by Gasteiger charge is 2.28. The lowest BCUT2D eigenvalue weighted by atomic mass is 10.1. The summed E-state index contributed by atoms with van der Waals surface area (Å²) in [7, 11) is 0. The Morgan fingerprint density at radius 2 is 2.19 bits per heavy atom. The third-order valence-electron chi connectivity index (χ3n) is 3.65. The predicted molar refractivity (Wildman–Crippen MR) is 79.3 cm³/mol. The third-order valence-corrected chi connectivity index (χ3v) is 3.65. The van der Waals surface area contributed by atoms with E-state index in [9.17, 15) is 4.79 Å². The molecule has 1 aliphatic rings. The van der Waals surface area contributed by atoms with Crippen molar-refractivity contribution >= 4 is 22.5 Å². The monoisotopic (exact) mass is 279 g/mol. The lowest BCUT2D eigenvalue weighted by Gasteiger charge is -2.11. The van der Waals surface area contributed by atoms with Crippen molar-refractivity contribution in [3.63, 3.8) is 0 Å². The lowest BCUT2D eigenvalue weighted by molar-refractivity contribution is -0.122. The predicted octanol–water partition coefficient (Wildman–Crippen LogP) is 2.51. The number of anilines is 1. The lowest BCUT2D eigenvalue weighted by Crippen LogP contribution is -2.31. The minimum absolute atomic E-state index is 0.131. The molecule has 0 saturated heterocycles. The van der Waals surface area contributed by atoms with E-state index in [1.54, 1.807) is 6.20 Å². The summed E-state index contributed by atoms with van der Waals surface area (Å²) in [6, 6.07) is 13.4. The number of ether oxygens (including phenoxy) is 1. The minimum Gasteiger partial charge on any atom is -0.480 e. The summed E-state index contributed by atoms with van der Waals surface area (Å²) in [5, 5.41) is 10.7. The molecule has 2 N–H and O–H groups in total. The van der Waals surface area contributed by atoms with E-state index in [0.717, 1.165) is 27.9 Å². The molecule has 0 fully saturated rings. The van der Waals surface area contributed by atoms with E-state index in [-0.39, 0.29) is 5.91 Å². The SMILES string of the molecule is O=C(Nc1ccc2[nH]ncc2c1)C1Cc2ccccc2O1. The normalized spacial score (nSPS) is 16.5. The Labute approximate surface area is 120 Å². The summed E-state index contributed by atoms with van der Waals surface area (Å²) in [5.74, 6) is 0.664. The van der Waals surface area contributed by atoms with E-state index in [1.165, 1.54) is 0 Å². The maximum absolute atomic E-state index is 12.3. The van der Waals surface area contributed by atoms with Gasteiger partial charge in [0, 0.05) is 17.5 Å². The summed E-state index contributed by atoms with van der Waals surface area (Å²) in [5.41, 5.74) is 2.76. The molecule has 4 rings (SSSR count). The number of H-pyrrole nitrogens is 1. The van der Waals surface area contributed by atoms with Crippen molar-refractivity contribution in [3.8, 4) is 5.75 Å². The first-order valence-electron chi connectivity index (χ1n) is 6.78. The highest BCUT2D eigenvalue weighted by atomic mass is 16.5. The van der Waals surface area contributed by atoms with E-state index in [1.807, 2.05) is 42.5 Å². The van der Waals surface area contributed by atoms with Crippen molar-refractivity contribution in [2.45, 2.75) is 12.5 Å². The third kappa shape index (κ3) is 2.12. The van der Waals surface area contributed by atoms with Gasteiger partial charge in [0.15, 0.2) is 6.10 Å². The Morgan fingerprint density at radius 1 is 1.29 bits per heavy atom. The minimum atomic E-state index is -0.470. The van der Waals surface area contributed by atoms with E-state index < -0.39 is 6.10 Å². The van der Waals surface area contributed by atoms with Crippen molar-refractivity contribution in [2.24, 2.45) is 0 Å². The van der Waals surface area contributed by atoms with Gasteiger partial charge in [0.1, 0.15) is 5.75 Å². The van der Waals surface area contributed by atoms with Crippen LogP contribution in [0.25, 0.3) is 10.9 Å². The Kier molecular flexibility index (Phi) is 2.64. The number of carbonyl (C=O) groups excluding carboxylic acids is 1. The van der Waals surface area contributed by atoms with Crippen LogP contribution in [0.2, 0.25) is 0 Å². The molecule has 104 valence electrons. The van der Waals surface area contributed by atoms with E-state index in [4.69, 9.17) is 4.74 Å². The number of fused-ring (bicyclic) bond motifs is 2. The van der Waals surface area contributed by atoms with Gasteiger partial charge in [-0.25, -0.2) is 0 Å². The van der Waals surface area contributed by atoms with E-state index in [0.29, 0.717) is 6.42 Å². The molecule has 0 bridgehead atoms. The molecule has 1 amide bonds. The molecule has 0 radical (unpaired) electrons. The molecule has 1 atom stereocenters. The molecule has 5 heteroatoms. The zero-order valence-corrected chi connectivity index (χ0v) is 11.2. The fourth-order valence-corrected chi connectivity index (χ4v) is 2.57. The molecular formula is C16H13N3O2. The summed E-state index contributed by atoms with van der Waals surface area (Å²) >= 11 is 0. The zero-order valence-electron chi connectivity index (χ0n) is 11.2. The summed E-state index contributed by atoms with van der Waals surface area (Å²) < 4.78 is 5.68. The van der Waals surface area contributed by atoms with Crippen LogP contribution in [0.5, 0.6) is 5.75 Å². The van der Waals surface area contributed by atoms with Gasteiger partial charge in [0.25, 0.3) is 5.91 Å². The van der Waals surface area contributed by atoms with Gasteiger partial charge >= 0.3 is 0 Å². The first kappa shape index (κ1) is 12.0. The van der Waals surface area contributed by atoms with Crippen LogP contribution in [0, 0.1) is 0 Å². The molecule has 5 nitrogen and oxygen atoms in total. The smallest absolute Gasteiger partial charge is 0.265 e. The quantitative estimate of drug-likeness (QED) is 0.757. The summed E-state index contributed by atoms with van der Waals surface area (Å²) in [6.45, 7) is 0. The van der Waals surface area contributed by atoms with Crippen LogP contribution in [0.4, 0.5) is 5.69 Å². The summed E-state index contributed by atoms with van der Waals surface area (Å²) in [6.07, 6.45) is 1.87. The first-order valence-corrected chi connectivity index (χ1v) is 6.78. The number of aromatic nitrogens is 2. The van der Waals surface area contributed by atoms with Crippen molar-refractivity contribution in [2.75, 3.05) is 5.32 Å². The molecule has 1 aromatic heterocycles. The first-order chi connectivity index (χ1) is 10.3. The van der Waals surface area contributed by atoms with Gasteiger partial charge in [0.05, 0.1) is 11.7 Å². The second kappa shape index (κ2) is 4.63. The zero-order chi connectivity index (χ0) is 14.2. The average Bonchev–Trinajstić information content (AvgIpc) is 3.13. The van der Waals surface area contributed by atoms with Crippen LogP contribution in [0.15, 0.2) is 48.7 Å². The molecule has 1 aliphatic heterocycles. The van der Waals surface area contributed by atoms with Crippen molar-refractivity contribution in [1.82, 2.24) is 10.2 Å². The number of carbonyl (C=O) groups is 1. The van der Waals surface area contributed by atoms with Gasteiger partial charge in [-0.1, -0.05) is 18.2 Å². The molecule has 0 saturated carbocycles. The number of rotatable bonds is 2. The average molecular weight is 279 g/mol. The molecule has 2 aromatic carbocycles. The topological polar surface area (TPSA) is 67.0 Å². The fourth-order valence-electron chi connectivity index (χ4n) is 2.57. The Bertz CT molecular complexity index is 800. The highest BCUT2D eigenvalue weighted by molar-refractivity contribution is 5.97. The number of amides is 1. The Morgan fingerprint density at radius 3 is 3.10 bits per heavy atom. The van der Waals surface area contributed by atoms with Crippen LogP contribution in [-0.4, -0.2) is 22.2 Å². The number of benzene rings is 2. The van der Waals surface area contributed by atoms with Crippen LogP contribution >= 0.6 is 0 Å². The molecule has 1 unspecified atom stereocenters. The van der Waals surface area contributed by atoms with Gasteiger partial charge in [-0.2, -0.15) is 5.10 Å². The van der Waals surface area contributed by atoms with Crippen molar-refractivity contribution in [1.29, 1.82) is 0 Å². The highest BCUT2D eigenvalue weighted by Crippen LogP contribution is 2.28. The van der Waals surface area contributed by atoms with Gasteiger partial charge in [-0.05, 0) is 29.8 Å². The standard InChI is InChI=1S/C16H13N3O2/c20-16(15-8-10-3-1-2-4-14(10)21-15)18-12-5-6-13-11(7-12)9-17-19-13/h1-7,9,15H,8H2,(H,17,19)(H,18,20). The number of hydrogen-bond acceptors (Lipinski definition) is 3. The number of para-hydroxylation sites is 1. The summed E-state index contributed by atoms with van der Waals surface area (Å²) in [4.78, 5) is 12.3. The van der Waals surface area contributed by atoms with Crippen LogP contribution in [0.1, 0.15) is 5.56 Å². The van der Waals surface area contributed by atoms with Gasteiger partial charge in [-0.15, -0.1) is 0 Å². The van der Waals surface area contributed by atoms with Crippen molar-refractivity contribution in [3.05, 3.63) is 54.2 Å².